The Kier molecular flexibility index (Phi) is 9.01. The van der Waals surface area contributed by atoms with Crippen molar-refractivity contribution in [3.8, 4) is 0 Å². The molecule has 234 valence electrons. The molecule has 0 spiro atoms. The number of nitrogens with one attached hydrogen (secondary N) is 2. The molecule has 0 aliphatic carbocycles. The zero-order chi connectivity index (χ0) is 31.8. The fraction of sp³-hybridized carbons (Fsp3) is 0.448. The molecule has 2 aromatic rings. The quantitative estimate of drug-likeness (QED) is 0.235. The highest BCUT2D eigenvalue weighted by molar-refractivity contribution is 8.05. The summed E-state index contributed by atoms with van der Waals surface area (Å²) < 4.78 is 4.73. The first-order chi connectivity index (χ1) is 21.0. The van der Waals surface area contributed by atoms with E-state index in [1.54, 1.807) is 50.4 Å². The number of carbonyl (C=O) groups excluding carboxylic acids is 6. The van der Waals surface area contributed by atoms with E-state index in [4.69, 9.17) is 4.74 Å². The van der Waals surface area contributed by atoms with Gasteiger partial charge in [0, 0.05) is 24.5 Å². The van der Waals surface area contributed by atoms with Crippen molar-refractivity contribution in [1.82, 2.24) is 25.3 Å². The molecule has 3 fully saturated rings. The van der Waals surface area contributed by atoms with Crippen LogP contribution in [0.2, 0.25) is 0 Å². The molecule has 3 aliphatic rings. The van der Waals surface area contributed by atoms with Crippen LogP contribution in [0.25, 0.3) is 0 Å². The van der Waals surface area contributed by atoms with Gasteiger partial charge in [0.15, 0.2) is 0 Å². The number of carbonyl (C=O) groups is 6. The average Bonchev–Trinajstić information content (AvgIpc) is 3.60. The van der Waals surface area contributed by atoms with Crippen molar-refractivity contribution in [2.75, 3.05) is 25.9 Å². The Bertz CT molecular complexity index is 1470. The second-order valence-corrected chi connectivity index (χ2v) is 14.6. The summed E-state index contributed by atoms with van der Waals surface area (Å²) >= 11 is 3.95. The van der Waals surface area contributed by atoms with Crippen LogP contribution in [0.3, 0.4) is 0 Å². The molecule has 12 nitrogen and oxygen atoms in total. The van der Waals surface area contributed by atoms with Crippen LogP contribution in [0.15, 0.2) is 47.8 Å². The number of imide groups is 1. The van der Waals surface area contributed by atoms with Crippen molar-refractivity contribution >= 4 is 70.5 Å². The number of likely N-dealkylation sites (N-methyl/N-ethyl adjacent to an activating group) is 1. The normalized spacial score (nSPS) is 24.8. The molecule has 1 unspecified atom stereocenters. The molecule has 3 saturated heterocycles. The van der Waals surface area contributed by atoms with Crippen molar-refractivity contribution in [3.05, 3.63) is 58.3 Å². The molecule has 4 atom stereocenters. The van der Waals surface area contributed by atoms with Gasteiger partial charge in [-0.2, -0.15) is 0 Å². The molecule has 1 aromatic carbocycles. The van der Waals surface area contributed by atoms with E-state index in [1.807, 2.05) is 24.5 Å². The Morgan fingerprint density at radius 3 is 2.43 bits per heavy atom. The summed E-state index contributed by atoms with van der Waals surface area (Å²) in [5.74, 6) is -3.70. The smallest absolute Gasteiger partial charge is 0.355 e. The van der Waals surface area contributed by atoms with Gasteiger partial charge >= 0.3 is 23.8 Å². The average molecular weight is 660 g/mol. The largest absolute Gasteiger partial charge is 0.458 e. The van der Waals surface area contributed by atoms with E-state index < -0.39 is 56.8 Å². The van der Waals surface area contributed by atoms with Crippen LogP contribution in [-0.2, 0) is 35.3 Å². The molecule has 0 saturated carbocycles. The number of esters is 1. The van der Waals surface area contributed by atoms with Gasteiger partial charge in [-0.25, -0.2) is 9.59 Å². The molecule has 2 N–H and O–H groups in total. The van der Waals surface area contributed by atoms with E-state index in [-0.39, 0.29) is 25.6 Å². The minimum absolute atomic E-state index is 0.0392. The van der Waals surface area contributed by atoms with E-state index >= 15 is 0 Å². The number of hydrogen-bond acceptors (Lipinski definition) is 10. The summed E-state index contributed by atoms with van der Waals surface area (Å²) in [4.78, 5) is 84.2. The fourth-order valence-corrected chi connectivity index (χ4v) is 9.14. The predicted molar refractivity (Wildman–Crippen MR) is 166 cm³/mol. The molecule has 15 heteroatoms. The lowest BCUT2D eigenvalue weighted by Crippen LogP contribution is -2.78. The zero-order valence-corrected chi connectivity index (χ0v) is 27.1. The second-order valence-electron chi connectivity index (χ2n) is 10.9. The number of thiophene rings is 1. The number of β-lactam (4-membered cyclic amide) rings is 1. The van der Waals surface area contributed by atoms with Gasteiger partial charge in [0.25, 0.3) is 0 Å². The fourth-order valence-electron chi connectivity index (χ4n) is 5.58. The van der Waals surface area contributed by atoms with Crippen LogP contribution in [-0.4, -0.2) is 97.3 Å². The van der Waals surface area contributed by atoms with E-state index in [0.29, 0.717) is 11.4 Å². The summed E-state index contributed by atoms with van der Waals surface area (Å²) in [7, 11) is 0. The van der Waals surface area contributed by atoms with Crippen LogP contribution < -0.4 is 10.6 Å². The van der Waals surface area contributed by atoms with Crippen molar-refractivity contribution in [1.29, 1.82) is 0 Å². The summed E-state index contributed by atoms with van der Waals surface area (Å²) in [6.45, 7) is 5.63. The lowest BCUT2D eigenvalue weighted by molar-refractivity contribution is -0.178. The van der Waals surface area contributed by atoms with Crippen molar-refractivity contribution < 1.29 is 33.5 Å². The number of urea groups is 1. The number of hydrogen-bond donors (Lipinski definition) is 2. The third-order valence-electron chi connectivity index (χ3n) is 8.00. The number of thioether (sulfide) groups is 2. The maximum atomic E-state index is 14.2. The van der Waals surface area contributed by atoms with E-state index in [0.717, 1.165) is 10.5 Å². The molecular weight excluding hydrogens is 627 g/mol. The van der Waals surface area contributed by atoms with Crippen LogP contribution in [0.4, 0.5) is 4.79 Å². The number of piperazine rings is 1. The first kappa shape index (κ1) is 31.9. The van der Waals surface area contributed by atoms with Gasteiger partial charge in [0.1, 0.15) is 23.3 Å². The Balaban J connectivity index is 1.45. The topological polar surface area (TPSA) is 145 Å². The van der Waals surface area contributed by atoms with E-state index in [9.17, 15) is 28.8 Å². The molecule has 5 rings (SSSR count). The van der Waals surface area contributed by atoms with Gasteiger partial charge in [-0.15, -0.1) is 34.9 Å². The maximum absolute atomic E-state index is 14.2. The Hall–Kier alpha value is -3.56. The molecule has 3 aliphatic heterocycles. The minimum atomic E-state index is -1.91. The number of ether oxygens (including phenoxy) is 1. The van der Waals surface area contributed by atoms with Gasteiger partial charge in [-0.3, -0.25) is 29.0 Å². The SMILES string of the molecule is CCN1CCN(C(=O)NC(C(=O)N[C@@]2(C(=O)OCc3ccccc3)N3C(=O)[C@H](SC)[C@H]3SC2(C)C)c2cccs2)C(=O)C1=O. The minimum Gasteiger partial charge on any atom is -0.458 e. The standard InChI is InChI=1S/C29H33N5O7S3/c1-5-32-13-14-33(24(38)23(32)37)27(40)30-19(18-12-9-15-43-18)21(35)31-29(26(39)41-16-17-10-7-6-8-11-17)28(2,3)44-25-20(42-4)22(36)34(25)29/h6-12,15,19-20,25H,5,13-14,16H2,1-4H3,(H,30,40)(H,31,35)/t19?,20-,25+,29-/m0/s1. The van der Waals surface area contributed by atoms with Crippen LogP contribution in [0.5, 0.6) is 0 Å². The maximum Gasteiger partial charge on any atom is 0.355 e. The molecule has 1 aromatic heterocycles. The Labute approximate surface area is 267 Å². The highest BCUT2D eigenvalue weighted by Gasteiger charge is 2.74. The van der Waals surface area contributed by atoms with Crippen molar-refractivity contribution in [3.63, 3.8) is 0 Å². The number of amides is 6. The molecule has 4 heterocycles. The van der Waals surface area contributed by atoms with Gasteiger partial charge in [-0.1, -0.05) is 36.4 Å². The third kappa shape index (κ3) is 5.34. The highest BCUT2D eigenvalue weighted by Crippen LogP contribution is 2.58. The number of fused-ring (bicyclic) bond motifs is 1. The van der Waals surface area contributed by atoms with E-state index in [2.05, 4.69) is 10.6 Å². The van der Waals surface area contributed by atoms with Crippen LogP contribution in [0, 0.1) is 0 Å². The number of rotatable bonds is 9. The second kappa shape index (κ2) is 12.4. The van der Waals surface area contributed by atoms with Gasteiger partial charge < -0.3 is 20.3 Å². The predicted octanol–water partition coefficient (Wildman–Crippen LogP) is 2.17. The molecular formula is C29H33N5O7S3. The lowest BCUT2D eigenvalue weighted by atomic mass is 9.89. The Morgan fingerprint density at radius 1 is 1.07 bits per heavy atom. The van der Waals surface area contributed by atoms with E-state index in [1.165, 1.54) is 44.7 Å². The molecule has 0 bridgehead atoms. The summed E-state index contributed by atoms with van der Waals surface area (Å²) in [6, 6.07) is 10.1. The summed E-state index contributed by atoms with van der Waals surface area (Å²) in [5.41, 5.74) is -1.18. The van der Waals surface area contributed by atoms with Crippen LogP contribution >= 0.6 is 34.9 Å². The zero-order valence-electron chi connectivity index (χ0n) is 24.6. The van der Waals surface area contributed by atoms with Crippen molar-refractivity contribution in [2.45, 2.75) is 54.5 Å². The Morgan fingerprint density at radius 2 is 1.80 bits per heavy atom. The number of benzene rings is 1. The number of nitrogens with zero attached hydrogens (tertiary/aromatic N) is 3. The summed E-state index contributed by atoms with van der Waals surface area (Å²) in [6.07, 6.45) is 1.81. The first-order valence-electron chi connectivity index (χ1n) is 14.0. The lowest BCUT2D eigenvalue weighted by Gasteiger charge is -2.50. The summed E-state index contributed by atoms with van der Waals surface area (Å²) in [5, 5.41) is 6.34. The molecule has 6 amide bonds. The van der Waals surface area contributed by atoms with Crippen molar-refractivity contribution in [2.24, 2.45) is 0 Å². The van der Waals surface area contributed by atoms with Gasteiger partial charge in [0.2, 0.25) is 17.5 Å². The van der Waals surface area contributed by atoms with Crippen LogP contribution in [0.1, 0.15) is 37.3 Å². The highest BCUT2D eigenvalue weighted by atomic mass is 32.2. The third-order valence-corrected chi connectivity index (χ3v) is 11.7. The molecule has 0 radical (unpaired) electrons. The van der Waals surface area contributed by atoms with Gasteiger partial charge in [-0.05, 0) is 44.0 Å². The first-order valence-corrected chi connectivity index (χ1v) is 17.0. The van der Waals surface area contributed by atoms with Gasteiger partial charge in [0.05, 0.1) is 4.75 Å². The monoisotopic (exact) mass is 659 g/mol. The molecule has 44 heavy (non-hydrogen) atoms.